The number of benzene rings is 2. The lowest BCUT2D eigenvalue weighted by Crippen LogP contribution is -2.12. The Labute approximate surface area is 127 Å². The van der Waals surface area contributed by atoms with Crippen LogP contribution in [0.5, 0.6) is 5.75 Å². The van der Waals surface area contributed by atoms with Gasteiger partial charge in [-0.25, -0.2) is 4.68 Å². The molecule has 0 fully saturated rings. The first-order valence-corrected chi connectivity index (χ1v) is 6.81. The second kappa shape index (κ2) is 5.37. The number of carbonyl (C=O) groups is 1. The first-order chi connectivity index (χ1) is 10.6. The molecule has 0 unspecified atom stereocenters. The van der Waals surface area contributed by atoms with Crippen molar-refractivity contribution in [2.24, 2.45) is 5.73 Å². The zero-order valence-electron chi connectivity index (χ0n) is 12.0. The first-order valence-electron chi connectivity index (χ1n) is 6.81. The number of phenols is 1. The van der Waals surface area contributed by atoms with Gasteiger partial charge in [-0.1, -0.05) is 30.3 Å². The smallest absolute Gasteiger partial charge is 0.269 e. The van der Waals surface area contributed by atoms with Crippen molar-refractivity contribution in [2.45, 2.75) is 6.92 Å². The highest BCUT2D eigenvalue weighted by atomic mass is 16.3. The Morgan fingerprint density at radius 2 is 1.91 bits per heavy atom. The van der Waals surface area contributed by atoms with Gasteiger partial charge in [0.15, 0.2) is 5.69 Å². The summed E-state index contributed by atoms with van der Waals surface area (Å²) in [4.78, 5) is 11.2. The zero-order chi connectivity index (χ0) is 15.7. The molecule has 5 heteroatoms. The molecule has 0 spiro atoms. The van der Waals surface area contributed by atoms with E-state index < -0.39 is 5.91 Å². The Balaban J connectivity index is 2.09. The van der Waals surface area contributed by atoms with Gasteiger partial charge in [0.05, 0.1) is 5.69 Å². The standard InChI is InChI=1S/C17H15N3O2/c1-11-9-15(17(18)22)19-20(11)13-6-4-5-12(10-13)14-7-2-3-8-16(14)21/h2-10,21H,1H3,(H2,18,22). The summed E-state index contributed by atoms with van der Waals surface area (Å²) in [6.45, 7) is 1.85. The van der Waals surface area contributed by atoms with Gasteiger partial charge in [-0.2, -0.15) is 5.10 Å². The summed E-state index contributed by atoms with van der Waals surface area (Å²) in [5, 5.41) is 14.2. The Kier molecular flexibility index (Phi) is 3.39. The van der Waals surface area contributed by atoms with Crippen LogP contribution in [-0.2, 0) is 0 Å². The number of aromatic nitrogens is 2. The van der Waals surface area contributed by atoms with Crippen LogP contribution in [0.4, 0.5) is 0 Å². The third-order valence-corrected chi connectivity index (χ3v) is 3.45. The van der Waals surface area contributed by atoms with E-state index in [-0.39, 0.29) is 11.4 Å². The van der Waals surface area contributed by atoms with E-state index in [1.54, 1.807) is 22.9 Å². The summed E-state index contributed by atoms with van der Waals surface area (Å²) >= 11 is 0. The fourth-order valence-electron chi connectivity index (χ4n) is 2.38. The van der Waals surface area contributed by atoms with Crippen LogP contribution < -0.4 is 5.73 Å². The number of hydrogen-bond acceptors (Lipinski definition) is 3. The van der Waals surface area contributed by atoms with E-state index >= 15 is 0 Å². The van der Waals surface area contributed by atoms with Crippen molar-refractivity contribution in [1.82, 2.24) is 9.78 Å². The van der Waals surface area contributed by atoms with Crippen molar-refractivity contribution in [2.75, 3.05) is 0 Å². The SMILES string of the molecule is Cc1cc(C(N)=O)nn1-c1cccc(-c2ccccc2O)c1. The molecule has 5 nitrogen and oxygen atoms in total. The van der Waals surface area contributed by atoms with Gasteiger partial charge in [0.2, 0.25) is 0 Å². The number of rotatable bonds is 3. The number of carbonyl (C=O) groups excluding carboxylic acids is 1. The lowest BCUT2D eigenvalue weighted by Gasteiger charge is -2.08. The van der Waals surface area contributed by atoms with Crippen molar-refractivity contribution in [3.8, 4) is 22.6 Å². The highest BCUT2D eigenvalue weighted by Crippen LogP contribution is 2.29. The lowest BCUT2D eigenvalue weighted by atomic mass is 10.0. The number of phenolic OH excluding ortho intramolecular Hbond substituents is 1. The molecule has 3 N–H and O–H groups in total. The Hall–Kier alpha value is -3.08. The fourth-order valence-corrected chi connectivity index (χ4v) is 2.38. The lowest BCUT2D eigenvalue weighted by molar-refractivity contribution is 0.0995. The molecule has 0 aliphatic carbocycles. The summed E-state index contributed by atoms with van der Waals surface area (Å²) in [7, 11) is 0. The normalized spacial score (nSPS) is 10.6. The molecule has 1 aromatic heterocycles. The van der Waals surface area contributed by atoms with Gasteiger partial charge in [0.1, 0.15) is 5.75 Å². The fraction of sp³-hybridized carbons (Fsp3) is 0.0588. The zero-order valence-corrected chi connectivity index (χ0v) is 12.0. The molecule has 3 rings (SSSR count). The van der Waals surface area contributed by atoms with Crippen molar-refractivity contribution in [3.05, 3.63) is 66.0 Å². The molecule has 0 saturated carbocycles. The molecule has 0 bridgehead atoms. The van der Waals surface area contributed by atoms with Crippen molar-refractivity contribution in [3.63, 3.8) is 0 Å². The molecular formula is C17H15N3O2. The van der Waals surface area contributed by atoms with Crippen molar-refractivity contribution >= 4 is 5.91 Å². The van der Waals surface area contributed by atoms with E-state index in [9.17, 15) is 9.90 Å². The third kappa shape index (κ3) is 2.44. The largest absolute Gasteiger partial charge is 0.507 e. The maximum Gasteiger partial charge on any atom is 0.269 e. The number of amides is 1. The van der Waals surface area contributed by atoms with Crippen LogP contribution >= 0.6 is 0 Å². The van der Waals surface area contributed by atoms with Crippen LogP contribution in [0.1, 0.15) is 16.2 Å². The Morgan fingerprint density at radius 1 is 1.14 bits per heavy atom. The van der Waals surface area contributed by atoms with E-state index in [1.165, 1.54) is 0 Å². The molecule has 1 amide bonds. The third-order valence-electron chi connectivity index (χ3n) is 3.45. The number of hydrogen-bond donors (Lipinski definition) is 2. The highest BCUT2D eigenvalue weighted by molar-refractivity contribution is 5.90. The molecule has 0 saturated heterocycles. The average Bonchev–Trinajstić information content (AvgIpc) is 2.90. The number of para-hydroxylation sites is 1. The Morgan fingerprint density at radius 3 is 2.59 bits per heavy atom. The molecular weight excluding hydrogens is 278 g/mol. The topological polar surface area (TPSA) is 81.1 Å². The molecule has 0 atom stereocenters. The van der Waals surface area contributed by atoms with E-state index in [0.29, 0.717) is 0 Å². The average molecular weight is 293 g/mol. The van der Waals surface area contributed by atoms with Gasteiger partial charge in [0, 0.05) is 11.3 Å². The summed E-state index contributed by atoms with van der Waals surface area (Å²) < 4.78 is 1.66. The molecule has 110 valence electrons. The minimum absolute atomic E-state index is 0.217. The summed E-state index contributed by atoms with van der Waals surface area (Å²) in [5.41, 5.74) is 8.71. The van der Waals surface area contributed by atoms with Crippen LogP contribution in [0, 0.1) is 6.92 Å². The number of nitrogens with two attached hydrogens (primary N) is 1. The second-order valence-electron chi connectivity index (χ2n) is 5.01. The van der Waals surface area contributed by atoms with E-state index in [0.717, 1.165) is 22.5 Å². The van der Waals surface area contributed by atoms with Crippen LogP contribution in [-0.4, -0.2) is 20.8 Å². The highest BCUT2D eigenvalue weighted by Gasteiger charge is 2.11. The molecule has 2 aromatic carbocycles. The van der Waals surface area contributed by atoms with Gasteiger partial charge in [0.25, 0.3) is 5.91 Å². The number of aryl methyl sites for hydroxylation is 1. The molecule has 0 aliphatic rings. The first kappa shape index (κ1) is 13.9. The monoisotopic (exact) mass is 293 g/mol. The Bertz CT molecular complexity index is 853. The van der Waals surface area contributed by atoms with Gasteiger partial charge < -0.3 is 10.8 Å². The predicted molar refractivity (Wildman–Crippen MR) is 83.9 cm³/mol. The van der Waals surface area contributed by atoms with Crippen LogP contribution in [0.3, 0.4) is 0 Å². The van der Waals surface area contributed by atoms with Gasteiger partial charge in [-0.15, -0.1) is 0 Å². The molecule has 1 heterocycles. The number of primary amides is 1. The molecule has 0 aliphatic heterocycles. The second-order valence-corrected chi connectivity index (χ2v) is 5.01. The van der Waals surface area contributed by atoms with E-state index in [2.05, 4.69) is 5.10 Å². The van der Waals surface area contributed by atoms with E-state index in [4.69, 9.17) is 5.73 Å². The van der Waals surface area contributed by atoms with Crippen LogP contribution in [0.2, 0.25) is 0 Å². The summed E-state index contributed by atoms with van der Waals surface area (Å²) in [6.07, 6.45) is 0. The van der Waals surface area contributed by atoms with Gasteiger partial charge in [-0.05, 0) is 36.8 Å². The van der Waals surface area contributed by atoms with Crippen LogP contribution in [0.25, 0.3) is 16.8 Å². The molecule has 22 heavy (non-hydrogen) atoms. The predicted octanol–water partition coefficient (Wildman–Crippen LogP) is 2.65. The van der Waals surface area contributed by atoms with Gasteiger partial charge >= 0.3 is 0 Å². The van der Waals surface area contributed by atoms with Crippen molar-refractivity contribution in [1.29, 1.82) is 0 Å². The molecule has 0 radical (unpaired) electrons. The van der Waals surface area contributed by atoms with Crippen LogP contribution in [0.15, 0.2) is 54.6 Å². The minimum Gasteiger partial charge on any atom is -0.507 e. The molecule has 3 aromatic rings. The maximum atomic E-state index is 11.2. The summed E-state index contributed by atoms with van der Waals surface area (Å²) in [5.74, 6) is -0.339. The summed E-state index contributed by atoms with van der Waals surface area (Å²) in [6, 6.07) is 16.4. The van der Waals surface area contributed by atoms with Crippen molar-refractivity contribution < 1.29 is 9.90 Å². The number of aromatic hydroxyl groups is 1. The van der Waals surface area contributed by atoms with Gasteiger partial charge in [-0.3, -0.25) is 4.79 Å². The quantitative estimate of drug-likeness (QED) is 0.779. The number of nitrogens with zero attached hydrogens (tertiary/aromatic N) is 2. The maximum absolute atomic E-state index is 11.2. The minimum atomic E-state index is -0.557. The van der Waals surface area contributed by atoms with E-state index in [1.807, 2.05) is 43.3 Å².